The van der Waals surface area contributed by atoms with Crippen molar-refractivity contribution in [3.05, 3.63) is 171 Å². The van der Waals surface area contributed by atoms with Gasteiger partial charge in [0, 0.05) is 34.5 Å². The standard InChI is InChI=1S/C25H31ClN8O4.C20H23ClN8O2.CH2Cl2/c1-25(2,3)38-23(36)31-19-10-6-17(7-11-19)14-33-21(30-13-12-29-20(27)28)32-22(35)34(24(33)37)15-16-4-8-18(26)9-5-16;21-15-5-1-13(2-6-15)12-29-19(30)27-18(26-10-9-25-17(23)24)28(20(29)31)11-14-3-7-16(22)8-4-14;2-1-3/h4-11H,12-15H2,1-3H3,(H,31,36)(H4,27,28,29)(H,30,32,35);1-8H,9-12,22H2,(H4,23,24,25)(H,26,27,30);1H2. The van der Waals surface area contributed by atoms with Gasteiger partial charge in [-0.3, -0.25) is 24.4 Å². The Morgan fingerprint density at radius 2 is 0.917 bits per heavy atom. The molecule has 4 aromatic carbocycles. The number of nitrogens with two attached hydrogens (primary N) is 5. The van der Waals surface area contributed by atoms with Crippen molar-refractivity contribution >= 4 is 87.7 Å². The van der Waals surface area contributed by atoms with Crippen LogP contribution in [0.2, 0.25) is 10.0 Å². The topological polar surface area (TPSA) is 331 Å². The zero-order valence-corrected chi connectivity index (χ0v) is 42.6. The van der Waals surface area contributed by atoms with Gasteiger partial charge >= 0.3 is 28.9 Å². The van der Waals surface area contributed by atoms with Gasteiger partial charge in [-0.25, -0.2) is 33.1 Å². The highest BCUT2D eigenvalue weighted by Gasteiger charge is 2.18. The van der Waals surface area contributed by atoms with E-state index in [-0.39, 0.29) is 81.5 Å². The third kappa shape index (κ3) is 19.0. The molecule has 0 aliphatic carbocycles. The molecule has 0 aliphatic rings. The van der Waals surface area contributed by atoms with Gasteiger partial charge in [-0.1, -0.05) is 71.7 Å². The van der Waals surface area contributed by atoms with Crippen LogP contribution in [-0.4, -0.2) is 83.4 Å². The largest absolute Gasteiger partial charge is 0.444 e. The Morgan fingerprint density at radius 3 is 1.26 bits per heavy atom. The first-order chi connectivity index (χ1) is 34.2. The number of ether oxygens (including phenoxy) is 1. The number of halogens is 4. The van der Waals surface area contributed by atoms with Crippen LogP contribution in [0.4, 0.5) is 28.1 Å². The summed E-state index contributed by atoms with van der Waals surface area (Å²) in [6, 6.07) is 27.7. The van der Waals surface area contributed by atoms with Crippen molar-refractivity contribution in [3.63, 3.8) is 0 Å². The predicted molar refractivity (Wildman–Crippen MR) is 287 cm³/mol. The molecule has 0 spiro atoms. The van der Waals surface area contributed by atoms with E-state index in [1.807, 2.05) is 0 Å². The lowest BCUT2D eigenvalue weighted by Crippen LogP contribution is -2.43. The van der Waals surface area contributed by atoms with E-state index in [9.17, 15) is 24.0 Å². The van der Waals surface area contributed by atoms with E-state index in [0.29, 0.717) is 27.0 Å². The first-order valence-corrected chi connectivity index (χ1v) is 23.5. The molecule has 0 bridgehead atoms. The number of nitrogens with one attached hydrogen (secondary N) is 3. The van der Waals surface area contributed by atoms with Crippen LogP contribution in [0.25, 0.3) is 0 Å². The molecule has 0 unspecified atom stereocenters. The second-order valence-electron chi connectivity index (χ2n) is 16.2. The number of guanidine groups is 2. The first kappa shape index (κ1) is 57.1. The minimum atomic E-state index is -0.706. The van der Waals surface area contributed by atoms with E-state index in [4.69, 9.17) is 79.8 Å². The van der Waals surface area contributed by atoms with Crippen LogP contribution in [0, 0.1) is 0 Å². The number of nitrogen functional groups attached to an aromatic ring is 1. The summed E-state index contributed by atoms with van der Waals surface area (Å²) in [5.41, 5.74) is 28.2. The van der Waals surface area contributed by atoms with Gasteiger partial charge < -0.3 is 44.0 Å². The fourth-order valence-electron chi connectivity index (χ4n) is 6.24. The lowest BCUT2D eigenvalue weighted by molar-refractivity contribution is 0.0636. The van der Waals surface area contributed by atoms with Crippen LogP contribution >= 0.6 is 46.4 Å². The molecule has 2 aromatic heterocycles. The van der Waals surface area contributed by atoms with Crippen LogP contribution < -0.4 is 67.4 Å². The fraction of sp³-hybridized carbons (Fsp3) is 0.283. The van der Waals surface area contributed by atoms with Crippen molar-refractivity contribution in [2.75, 3.05) is 53.2 Å². The number of nitrogens with zero attached hydrogens (tertiary/aromatic N) is 8. The number of alkyl halides is 2. The van der Waals surface area contributed by atoms with Crippen LogP contribution in [-0.2, 0) is 30.9 Å². The molecule has 22 nitrogen and oxygen atoms in total. The smallest absolute Gasteiger partial charge is 0.412 e. The quantitative estimate of drug-likeness (QED) is 0.0210. The van der Waals surface area contributed by atoms with Crippen molar-refractivity contribution < 1.29 is 9.53 Å². The Kier molecular flexibility index (Phi) is 22.0. The molecular weight excluding hydrogens is 1010 g/mol. The first-order valence-electron chi connectivity index (χ1n) is 21.7. The van der Waals surface area contributed by atoms with Gasteiger partial charge in [0.25, 0.3) is 0 Å². The monoisotopic (exact) mass is 1070 g/mol. The van der Waals surface area contributed by atoms with E-state index < -0.39 is 34.5 Å². The predicted octanol–water partition coefficient (Wildman–Crippen LogP) is 4.03. The lowest BCUT2D eigenvalue weighted by Gasteiger charge is -2.19. The van der Waals surface area contributed by atoms with Gasteiger partial charge in [0.2, 0.25) is 11.9 Å². The molecule has 26 heteroatoms. The molecule has 384 valence electrons. The number of rotatable bonds is 17. The van der Waals surface area contributed by atoms with Gasteiger partial charge in [-0.15, -0.1) is 23.2 Å². The number of aromatic nitrogens is 6. The third-order valence-corrected chi connectivity index (χ3v) is 9.95. The van der Waals surface area contributed by atoms with Gasteiger partial charge in [-0.2, -0.15) is 9.97 Å². The third-order valence-electron chi connectivity index (χ3n) is 9.45. The Labute approximate surface area is 433 Å². The molecule has 1 amide bonds. The van der Waals surface area contributed by atoms with E-state index >= 15 is 0 Å². The minimum Gasteiger partial charge on any atom is -0.444 e. The van der Waals surface area contributed by atoms with Crippen molar-refractivity contribution in [3.8, 4) is 0 Å². The van der Waals surface area contributed by atoms with E-state index in [2.05, 4.69) is 35.9 Å². The van der Waals surface area contributed by atoms with Crippen LogP contribution in [0.1, 0.15) is 43.0 Å². The number of benzene rings is 4. The zero-order chi connectivity index (χ0) is 53.0. The molecule has 0 atom stereocenters. The second kappa shape index (κ2) is 27.8. The summed E-state index contributed by atoms with van der Waals surface area (Å²) in [6.45, 7) is 6.71. The molecule has 0 aliphatic heterocycles. The Morgan fingerprint density at radius 1 is 0.583 bits per heavy atom. The summed E-state index contributed by atoms with van der Waals surface area (Å²) >= 11 is 21.4. The minimum absolute atomic E-state index is 0.0227. The maximum absolute atomic E-state index is 13.5. The van der Waals surface area contributed by atoms with Gasteiger partial charge in [0.1, 0.15) is 5.60 Å². The maximum Gasteiger partial charge on any atom is 0.412 e. The Balaban J connectivity index is 0.000000302. The average Bonchev–Trinajstić information content (AvgIpc) is 3.31. The summed E-state index contributed by atoms with van der Waals surface area (Å²) in [7, 11) is 0. The van der Waals surface area contributed by atoms with Crippen LogP contribution in [0.15, 0.2) is 126 Å². The zero-order valence-electron chi connectivity index (χ0n) is 39.5. The van der Waals surface area contributed by atoms with E-state index in [0.717, 1.165) is 25.8 Å². The van der Waals surface area contributed by atoms with Gasteiger partial charge in [0.05, 0.1) is 44.6 Å². The van der Waals surface area contributed by atoms with Gasteiger partial charge in [0.15, 0.2) is 11.9 Å². The summed E-state index contributed by atoms with van der Waals surface area (Å²) in [6.07, 6.45) is -0.577. The number of hydrogen-bond acceptors (Lipinski definition) is 13. The highest BCUT2D eigenvalue weighted by atomic mass is 35.5. The average molecular weight is 1070 g/mol. The summed E-state index contributed by atoms with van der Waals surface area (Å²) in [4.78, 5) is 80.0. The molecule has 0 saturated heterocycles. The highest BCUT2D eigenvalue weighted by Crippen LogP contribution is 2.16. The molecule has 6 rings (SSSR count). The number of aliphatic imine (C=N–C) groups is 2. The fourth-order valence-corrected chi connectivity index (χ4v) is 6.49. The molecule has 0 radical (unpaired) electrons. The molecular formula is C46H56Cl4N16O6. The van der Waals surface area contributed by atoms with Crippen molar-refractivity contribution in [2.45, 2.75) is 52.6 Å². The normalized spacial score (nSPS) is 10.7. The number of anilines is 4. The van der Waals surface area contributed by atoms with E-state index in [1.54, 1.807) is 118 Å². The van der Waals surface area contributed by atoms with Crippen molar-refractivity contribution in [2.24, 2.45) is 32.9 Å². The van der Waals surface area contributed by atoms with Crippen LogP contribution in [0.3, 0.4) is 0 Å². The number of carbonyl (C=O) groups is 1. The Hall–Kier alpha value is -7.53. The van der Waals surface area contributed by atoms with Gasteiger partial charge in [-0.05, 0) is 91.6 Å². The number of amides is 1. The molecule has 0 fully saturated rings. The number of carbonyl (C=O) groups excluding carboxylic acids is 1. The summed E-state index contributed by atoms with van der Waals surface area (Å²) in [5, 5.41) is 9.88. The van der Waals surface area contributed by atoms with Crippen molar-refractivity contribution in [1.29, 1.82) is 0 Å². The second-order valence-corrected chi connectivity index (χ2v) is 17.9. The number of hydrogen-bond donors (Lipinski definition) is 8. The SMILES string of the molecule is CC(C)(C)OC(=O)Nc1ccc(Cn2c(NCCN=C(N)N)nc(=O)n(Cc3ccc(Cl)cc3)c2=O)cc1.ClCCl.NC(N)=NCCNc1nc(=O)n(Cc2ccc(Cl)cc2)c(=O)n1Cc1ccc(N)cc1. The Bertz CT molecular complexity index is 3020. The molecule has 13 N–H and O–H groups in total. The highest BCUT2D eigenvalue weighted by molar-refractivity contribution is 6.40. The molecule has 72 heavy (non-hydrogen) atoms. The van der Waals surface area contributed by atoms with Crippen molar-refractivity contribution in [1.82, 2.24) is 28.2 Å². The molecule has 6 aromatic rings. The maximum atomic E-state index is 13.5. The summed E-state index contributed by atoms with van der Waals surface area (Å²) in [5.74, 6) is 0.0853. The van der Waals surface area contributed by atoms with Crippen LogP contribution in [0.5, 0.6) is 0 Å². The summed E-state index contributed by atoms with van der Waals surface area (Å²) < 4.78 is 10.1. The lowest BCUT2D eigenvalue weighted by atomic mass is 10.2. The molecule has 0 saturated carbocycles. The van der Waals surface area contributed by atoms with E-state index in [1.165, 1.54) is 9.13 Å². The molecule has 2 heterocycles.